The van der Waals surface area contributed by atoms with Gasteiger partial charge in [-0.3, -0.25) is 0 Å². The second-order valence-electron chi connectivity index (χ2n) is 7.21. The van der Waals surface area contributed by atoms with Gasteiger partial charge in [-0.1, -0.05) is 51.9 Å². The average Bonchev–Trinajstić information content (AvgIpc) is 2.34. The van der Waals surface area contributed by atoms with Crippen molar-refractivity contribution in [3.05, 3.63) is 0 Å². The number of aliphatic hydroxyl groups excluding tert-OH is 1. The highest BCUT2D eigenvalue weighted by Gasteiger charge is 2.36. The molecule has 1 saturated carbocycles. The molecule has 1 aliphatic rings. The zero-order valence-corrected chi connectivity index (χ0v) is 14.3. The minimum atomic E-state index is -1.70. The van der Waals surface area contributed by atoms with Crippen molar-refractivity contribution in [3.63, 3.8) is 0 Å². The van der Waals surface area contributed by atoms with Crippen molar-refractivity contribution in [1.82, 2.24) is 0 Å². The van der Waals surface area contributed by atoms with Crippen LogP contribution in [0.3, 0.4) is 0 Å². The van der Waals surface area contributed by atoms with Crippen LogP contribution in [0.15, 0.2) is 0 Å². The van der Waals surface area contributed by atoms with Crippen LogP contribution in [0, 0.1) is 17.8 Å². The number of hydrogen-bond donors (Lipinski definition) is 1. The summed E-state index contributed by atoms with van der Waals surface area (Å²) >= 11 is 0. The highest BCUT2D eigenvalue weighted by atomic mass is 28.4. The zero-order valence-electron chi connectivity index (χ0n) is 13.3. The topological polar surface area (TPSA) is 29.5 Å². The fourth-order valence-electron chi connectivity index (χ4n) is 2.15. The molecule has 3 heteroatoms. The minimum absolute atomic E-state index is 0.219. The van der Waals surface area contributed by atoms with Gasteiger partial charge in [0.2, 0.25) is 0 Å². The molecule has 19 heavy (non-hydrogen) atoms. The molecule has 110 valence electrons. The highest BCUT2D eigenvalue weighted by Crippen LogP contribution is 2.36. The molecular formula is C16H30O2Si. The van der Waals surface area contributed by atoms with E-state index in [0.29, 0.717) is 12.5 Å². The van der Waals surface area contributed by atoms with Gasteiger partial charge in [-0.05, 0) is 36.9 Å². The Labute approximate surface area is 120 Å². The third-order valence-electron chi connectivity index (χ3n) is 4.66. The number of rotatable bonds is 3. The van der Waals surface area contributed by atoms with Gasteiger partial charge in [0.25, 0.3) is 0 Å². The first-order chi connectivity index (χ1) is 8.74. The maximum atomic E-state index is 10.0. The Morgan fingerprint density at radius 3 is 2.32 bits per heavy atom. The molecule has 0 aromatic carbocycles. The Bertz CT molecular complexity index is 327. The first kappa shape index (κ1) is 16.8. The molecule has 1 atom stereocenters. The van der Waals surface area contributed by atoms with Crippen LogP contribution in [0.4, 0.5) is 0 Å². The molecule has 1 fully saturated rings. The Kier molecular flexibility index (Phi) is 6.10. The first-order valence-corrected chi connectivity index (χ1v) is 10.5. The summed E-state index contributed by atoms with van der Waals surface area (Å²) in [5.41, 5.74) is 0. The molecule has 1 rings (SSSR count). The minimum Gasteiger partial charge on any atom is -0.406 e. The van der Waals surface area contributed by atoms with Gasteiger partial charge >= 0.3 is 0 Å². The molecule has 0 aliphatic heterocycles. The SMILES string of the molecule is CC(C)(C)[Si](C)(C)OCC#CC(O)C1CCCCC1. The fourth-order valence-corrected chi connectivity index (χ4v) is 3.01. The van der Waals surface area contributed by atoms with Gasteiger partial charge in [0, 0.05) is 0 Å². The van der Waals surface area contributed by atoms with E-state index in [0.717, 1.165) is 12.8 Å². The van der Waals surface area contributed by atoms with Crippen molar-refractivity contribution < 1.29 is 9.53 Å². The van der Waals surface area contributed by atoms with E-state index < -0.39 is 14.4 Å². The lowest BCUT2D eigenvalue weighted by atomic mass is 9.85. The molecule has 0 saturated heterocycles. The van der Waals surface area contributed by atoms with Crippen LogP contribution in [-0.4, -0.2) is 26.1 Å². The summed E-state index contributed by atoms with van der Waals surface area (Å²) < 4.78 is 5.99. The van der Waals surface area contributed by atoms with Crippen molar-refractivity contribution in [2.75, 3.05) is 6.61 Å². The predicted molar refractivity (Wildman–Crippen MR) is 83.5 cm³/mol. The average molecular weight is 282 g/mol. The largest absolute Gasteiger partial charge is 0.406 e. The lowest BCUT2D eigenvalue weighted by Gasteiger charge is -2.35. The normalized spacial score (nSPS) is 19.7. The predicted octanol–water partition coefficient (Wildman–Crippen LogP) is 3.95. The van der Waals surface area contributed by atoms with Crippen LogP contribution >= 0.6 is 0 Å². The monoisotopic (exact) mass is 282 g/mol. The van der Waals surface area contributed by atoms with Crippen LogP contribution in [0.1, 0.15) is 52.9 Å². The van der Waals surface area contributed by atoms with E-state index in [4.69, 9.17) is 4.43 Å². The summed E-state index contributed by atoms with van der Waals surface area (Å²) in [6.07, 6.45) is 5.58. The van der Waals surface area contributed by atoms with Gasteiger partial charge in [-0.15, -0.1) is 0 Å². The maximum Gasteiger partial charge on any atom is 0.193 e. The standard InChI is InChI=1S/C16H30O2Si/c1-16(2,3)19(4,5)18-13-9-12-15(17)14-10-7-6-8-11-14/h14-15,17H,6-8,10-11,13H2,1-5H3. The molecule has 0 bridgehead atoms. The van der Waals surface area contributed by atoms with Crippen molar-refractivity contribution in [2.45, 2.75) is 77.1 Å². The lowest BCUT2D eigenvalue weighted by molar-refractivity contribution is 0.133. The quantitative estimate of drug-likeness (QED) is 0.627. The van der Waals surface area contributed by atoms with E-state index in [9.17, 15) is 5.11 Å². The molecule has 0 radical (unpaired) electrons. The summed E-state index contributed by atoms with van der Waals surface area (Å²) in [4.78, 5) is 0. The first-order valence-electron chi connectivity index (χ1n) is 7.54. The van der Waals surface area contributed by atoms with E-state index in [2.05, 4.69) is 45.7 Å². The van der Waals surface area contributed by atoms with Gasteiger partial charge in [0.15, 0.2) is 8.32 Å². The summed E-state index contributed by atoms with van der Waals surface area (Å²) in [5.74, 6) is 6.39. The van der Waals surface area contributed by atoms with Gasteiger partial charge in [-0.2, -0.15) is 0 Å². The Morgan fingerprint density at radius 1 is 1.21 bits per heavy atom. The van der Waals surface area contributed by atoms with E-state index >= 15 is 0 Å². The van der Waals surface area contributed by atoms with Gasteiger partial charge in [-0.25, -0.2) is 0 Å². The van der Waals surface area contributed by atoms with Crippen LogP contribution in [0.5, 0.6) is 0 Å². The smallest absolute Gasteiger partial charge is 0.193 e. The van der Waals surface area contributed by atoms with Crippen molar-refractivity contribution in [3.8, 4) is 11.8 Å². The molecule has 1 unspecified atom stereocenters. The molecule has 0 heterocycles. The Hall–Kier alpha value is -0.303. The molecule has 0 aromatic heterocycles. The Morgan fingerprint density at radius 2 is 1.79 bits per heavy atom. The number of aliphatic hydroxyl groups is 1. The van der Waals surface area contributed by atoms with E-state index in [-0.39, 0.29) is 5.04 Å². The van der Waals surface area contributed by atoms with Crippen molar-refractivity contribution in [2.24, 2.45) is 5.92 Å². The molecule has 0 spiro atoms. The third-order valence-corrected chi connectivity index (χ3v) is 9.14. The second-order valence-corrected chi connectivity index (χ2v) is 12.0. The van der Waals surface area contributed by atoms with Crippen LogP contribution in [-0.2, 0) is 4.43 Å². The summed E-state index contributed by atoms with van der Waals surface area (Å²) in [6.45, 7) is 11.6. The maximum absolute atomic E-state index is 10.0. The van der Waals surface area contributed by atoms with E-state index in [1.807, 2.05) is 0 Å². The molecule has 1 aliphatic carbocycles. The highest BCUT2D eigenvalue weighted by molar-refractivity contribution is 6.74. The van der Waals surface area contributed by atoms with Crippen molar-refractivity contribution in [1.29, 1.82) is 0 Å². The van der Waals surface area contributed by atoms with Crippen molar-refractivity contribution >= 4 is 8.32 Å². The zero-order chi connectivity index (χ0) is 14.5. The number of hydrogen-bond acceptors (Lipinski definition) is 2. The summed E-state index contributed by atoms with van der Waals surface area (Å²) in [6, 6.07) is 0. The van der Waals surface area contributed by atoms with Crippen LogP contribution < -0.4 is 0 Å². The lowest BCUT2D eigenvalue weighted by Crippen LogP contribution is -2.40. The third kappa shape index (κ3) is 5.29. The van der Waals surface area contributed by atoms with Gasteiger partial charge < -0.3 is 9.53 Å². The van der Waals surface area contributed by atoms with E-state index in [1.54, 1.807) is 0 Å². The molecule has 1 N–H and O–H groups in total. The molecule has 0 aromatic rings. The fraction of sp³-hybridized carbons (Fsp3) is 0.875. The molecule has 0 amide bonds. The summed E-state index contributed by atoms with van der Waals surface area (Å²) in [5, 5.41) is 10.3. The van der Waals surface area contributed by atoms with Gasteiger partial charge in [0.1, 0.15) is 6.10 Å². The van der Waals surface area contributed by atoms with Crippen LogP contribution in [0.25, 0.3) is 0 Å². The summed E-state index contributed by atoms with van der Waals surface area (Å²) in [7, 11) is -1.70. The van der Waals surface area contributed by atoms with E-state index in [1.165, 1.54) is 19.3 Å². The van der Waals surface area contributed by atoms with Crippen LogP contribution in [0.2, 0.25) is 18.1 Å². The second kappa shape index (κ2) is 6.92. The van der Waals surface area contributed by atoms with Gasteiger partial charge in [0.05, 0.1) is 6.61 Å². The molecule has 2 nitrogen and oxygen atoms in total. The Balaban J connectivity index is 2.38. The molecular weight excluding hydrogens is 252 g/mol.